The topological polar surface area (TPSA) is 85.2 Å². The standard InChI is InChI=1S/C31H33FO6/c1-17-11-21(38-31(3,4)16-33)12-18(2)29(17)23-7-9-25(32)30-24(23)8-10-26(30)37-20-5-6-22-19(13-28(34)35)15-36-27(22)14-20/h5-7,9,11-12,14,19,26,33H,8,10,13,15-16H2,1-4H3,(H,34,35)/t19-,26-/m1/s1. The first-order valence-electron chi connectivity index (χ1n) is 12.9. The maximum atomic E-state index is 15.2. The Morgan fingerprint density at radius 3 is 2.53 bits per heavy atom. The lowest BCUT2D eigenvalue weighted by Crippen LogP contribution is -2.32. The van der Waals surface area contributed by atoms with Crippen molar-refractivity contribution in [2.24, 2.45) is 0 Å². The van der Waals surface area contributed by atoms with Gasteiger partial charge in [-0.15, -0.1) is 0 Å². The van der Waals surface area contributed by atoms with Crippen molar-refractivity contribution >= 4 is 5.97 Å². The van der Waals surface area contributed by atoms with Gasteiger partial charge in [-0.1, -0.05) is 12.1 Å². The summed E-state index contributed by atoms with van der Waals surface area (Å²) in [6, 6.07) is 12.7. The second-order valence-corrected chi connectivity index (χ2v) is 10.9. The van der Waals surface area contributed by atoms with Crippen LogP contribution in [0.4, 0.5) is 4.39 Å². The number of ether oxygens (including phenoxy) is 3. The quantitative estimate of drug-likeness (QED) is 0.364. The molecule has 0 amide bonds. The number of aliphatic hydroxyl groups excluding tert-OH is 1. The van der Waals surface area contributed by atoms with Crippen LogP contribution in [0.1, 0.15) is 66.5 Å². The number of carboxylic acid groups (broad SMARTS) is 1. The lowest BCUT2D eigenvalue weighted by molar-refractivity contribution is -0.137. The summed E-state index contributed by atoms with van der Waals surface area (Å²) in [6.45, 7) is 7.93. The van der Waals surface area contributed by atoms with E-state index in [0.29, 0.717) is 42.3 Å². The molecule has 38 heavy (non-hydrogen) atoms. The largest absolute Gasteiger partial charge is 0.492 e. The molecule has 7 heteroatoms. The number of hydrogen-bond acceptors (Lipinski definition) is 5. The van der Waals surface area contributed by atoms with Gasteiger partial charge in [0.1, 0.15) is 34.8 Å². The molecular formula is C31H33FO6. The maximum absolute atomic E-state index is 15.2. The van der Waals surface area contributed by atoms with Gasteiger partial charge in [0.05, 0.1) is 19.6 Å². The van der Waals surface area contributed by atoms with Gasteiger partial charge in [-0.2, -0.15) is 0 Å². The summed E-state index contributed by atoms with van der Waals surface area (Å²) in [7, 11) is 0. The van der Waals surface area contributed by atoms with E-state index in [1.807, 2.05) is 58.0 Å². The average Bonchev–Trinajstić information content (AvgIpc) is 3.44. The number of rotatable bonds is 8. The highest BCUT2D eigenvalue weighted by Crippen LogP contribution is 2.45. The van der Waals surface area contributed by atoms with Crippen molar-refractivity contribution in [3.05, 3.63) is 76.1 Å². The normalized spacial score (nSPS) is 18.1. The van der Waals surface area contributed by atoms with Crippen molar-refractivity contribution in [3.63, 3.8) is 0 Å². The van der Waals surface area contributed by atoms with Crippen LogP contribution in [0.3, 0.4) is 0 Å². The number of aliphatic carboxylic acids is 1. The highest BCUT2D eigenvalue weighted by molar-refractivity contribution is 5.76. The molecule has 0 aromatic heterocycles. The first kappa shape index (κ1) is 26.0. The van der Waals surface area contributed by atoms with Crippen LogP contribution in [-0.2, 0) is 11.2 Å². The SMILES string of the molecule is Cc1cc(OC(C)(C)CO)cc(C)c1-c1ccc(F)c2c1CC[C@H]2Oc1ccc2c(c1)OC[C@H]2CC(=O)O. The van der Waals surface area contributed by atoms with Crippen molar-refractivity contribution in [2.45, 2.75) is 64.6 Å². The number of benzene rings is 3. The molecule has 1 aliphatic carbocycles. The number of halogens is 1. The zero-order valence-electron chi connectivity index (χ0n) is 22.1. The van der Waals surface area contributed by atoms with E-state index in [1.54, 1.807) is 6.07 Å². The van der Waals surface area contributed by atoms with Crippen LogP contribution >= 0.6 is 0 Å². The van der Waals surface area contributed by atoms with Crippen molar-refractivity contribution in [3.8, 4) is 28.4 Å². The monoisotopic (exact) mass is 520 g/mol. The fourth-order valence-corrected chi connectivity index (χ4v) is 5.66. The summed E-state index contributed by atoms with van der Waals surface area (Å²) in [5.74, 6) is 0.559. The maximum Gasteiger partial charge on any atom is 0.304 e. The van der Waals surface area contributed by atoms with Crippen LogP contribution in [0.25, 0.3) is 11.1 Å². The number of fused-ring (bicyclic) bond motifs is 2. The number of aryl methyl sites for hydroxylation is 2. The fraction of sp³-hybridized carbons (Fsp3) is 0.387. The van der Waals surface area contributed by atoms with Gasteiger partial charge in [-0.25, -0.2) is 4.39 Å². The second-order valence-electron chi connectivity index (χ2n) is 10.9. The van der Waals surface area contributed by atoms with Gasteiger partial charge in [0, 0.05) is 23.1 Å². The average molecular weight is 521 g/mol. The van der Waals surface area contributed by atoms with E-state index >= 15 is 4.39 Å². The molecule has 0 saturated carbocycles. The van der Waals surface area contributed by atoms with Gasteiger partial charge in [-0.3, -0.25) is 4.79 Å². The van der Waals surface area contributed by atoms with Crippen LogP contribution < -0.4 is 14.2 Å². The predicted octanol–water partition coefficient (Wildman–Crippen LogP) is 6.28. The van der Waals surface area contributed by atoms with Gasteiger partial charge < -0.3 is 24.4 Å². The Hall–Kier alpha value is -3.58. The summed E-state index contributed by atoms with van der Waals surface area (Å²) in [6.07, 6.45) is 0.909. The molecule has 1 aliphatic heterocycles. The van der Waals surface area contributed by atoms with E-state index in [0.717, 1.165) is 33.4 Å². The molecule has 0 bridgehead atoms. The van der Waals surface area contributed by atoms with E-state index < -0.39 is 17.7 Å². The van der Waals surface area contributed by atoms with E-state index in [1.165, 1.54) is 6.07 Å². The highest BCUT2D eigenvalue weighted by atomic mass is 19.1. The molecule has 1 heterocycles. The molecule has 200 valence electrons. The number of aliphatic hydroxyl groups is 1. The minimum absolute atomic E-state index is 0.0162. The molecule has 2 atom stereocenters. The van der Waals surface area contributed by atoms with Crippen LogP contribution in [-0.4, -0.2) is 35.0 Å². The molecule has 6 nitrogen and oxygen atoms in total. The van der Waals surface area contributed by atoms with Crippen molar-refractivity contribution in [2.75, 3.05) is 13.2 Å². The number of hydrogen-bond donors (Lipinski definition) is 2. The summed E-state index contributed by atoms with van der Waals surface area (Å²) >= 11 is 0. The minimum Gasteiger partial charge on any atom is -0.492 e. The van der Waals surface area contributed by atoms with Gasteiger partial charge >= 0.3 is 5.97 Å². The van der Waals surface area contributed by atoms with Crippen molar-refractivity contribution < 1.29 is 33.6 Å². The molecule has 2 aliphatic rings. The summed E-state index contributed by atoms with van der Waals surface area (Å²) < 4.78 is 33.2. The molecule has 0 spiro atoms. The van der Waals surface area contributed by atoms with E-state index in [2.05, 4.69) is 0 Å². The first-order chi connectivity index (χ1) is 18.1. The van der Waals surface area contributed by atoms with E-state index in [4.69, 9.17) is 19.3 Å². The Balaban J connectivity index is 1.43. The summed E-state index contributed by atoms with van der Waals surface area (Å²) in [5, 5.41) is 18.7. The highest BCUT2D eigenvalue weighted by Gasteiger charge is 2.32. The third-order valence-corrected chi connectivity index (χ3v) is 7.40. The molecular weight excluding hydrogens is 487 g/mol. The first-order valence-corrected chi connectivity index (χ1v) is 12.9. The molecule has 0 radical (unpaired) electrons. The van der Waals surface area contributed by atoms with Crippen molar-refractivity contribution in [1.29, 1.82) is 0 Å². The lowest BCUT2D eigenvalue weighted by Gasteiger charge is -2.25. The molecule has 0 saturated heterocycles. The zero-order valence-corrected chi connectivity index (χ0v) is 22.1. The van der Waals surface area contributed by atoms with Crippen LogP contribution in [0.2, 0.25) is 0 Å². The zero-order chi connectivity index (χ0) is 27.2. The predicted molar refractivity (Wildman–Crippen MR) is 142 cm³/mol. The van der Waals surface area contributed by atoms with E-state index in [-0.39, 0.29) is 24.8 Å². The molecule has 3 aromatic carbocycles. The molecule has 0 fully saturated rings. The Kier molecular flexibility index (Phi) is 6.82. The third-order valence-electron chi connectivity index (χ3n) is 7.40. The van der Waals surface area contributed by atoms with Crippen LogP contribution in [0.15, 0.2) is 42.5 Å². The third kappa shape index (κ3) is 4.95. The fourth-order valence-electron chi connectivity index (χ4n) is 5.66. The van der Waals surface area contributed by atoms with Crippen molar-refractivity contribution in [1.82, 2.24) is 0 Å². The molecule has 0 unspecified atom stereocenters. The molecule has 5 rings (SSSR count). The Morgan fingerprint density at radius 2 is 1.84 bits per heavy atom. The minimum atomic E-state index is -0.859. The summed E-state index contributed by atoms with van der Waals surface area (Å²) in [4.78, 5) is 11.1. The second kappa shape index (κ2) is 9.95. The number of carboxylic acids is 1. The Labute approximate surface area is 222 Å². The lowest BCUT2D eigenvalue weighted by atomic mass is 9.90. The summed E-state index contributed by atoms with van der Waals surface area (Å²) in [5.41, 5.74) is 5.76. The molecule has 2 N–H and O–H groups in total. The smallest absolute Gasteiger partial charge is 0.304 e. The van der Waals surface area contributed by atoms with Gasteiger partial charge in [0.15, 0.2) is 0 Å². The molecule has 3 aromatic rings. The van der Waals surface area contributed by atoms with E-state index in [9.17, 15) is 9.90 Å². The van der Waals surface area contributed by atoms with Gasteiger partial charge in [0.25, 0.3) is 0 Å². The van der Waals surface area contributed by atoms with Crippen LogP contribution in [0.5, 0.6) is 17.2 Å². The number of carbonyl (C=O) groups is 1. The Morgan fingerprint density at radius 1 is 1.11 bits per heavy atom. The van der Waals surface area contributed by atoms with Crippen LogP contribution in [0, 0.1) is 19.7 Å². The Bertz CT molecular complexity index is 1370. The van der Waals surface area contributed by atoms with Gasteiger partial charge in [0.2, 0.25) is 0 Å². The van der Waals surface area contributed by atoms with Gasteiger partial charge in [-0.05, 0) is 92.6 Å².